The van der Waals surface area contributed by atoms with Crippen molar-refractivity contribution in [3.63, 3.8) is 0 Å². The Morgan fingerprint density at radius 3 is 2.52 bits per heavy atom. The molecule has 1 saturated heterocycles. The maximum absolute atomic E-state index is 12.5. The Morgan fingerprint density at radius 1 is 1.17 bits per heavy atom. The van der Waals surface area contributed by atoms with Gasteiger partial charge in [-0.15, -0.1) is 0 Å². The third kappa shape index (κ3) is 3.62. The van der Waals surface area contributed by atoms with Crippen molar-refractivity contribution < 1.29 is 9.21 Å². The van der Waals surface area contributed by atoms with Crippen molar-refractivity contribution in [2.24, 2.45) is 0 Å². The SMILES string of the molecule is CCN1CCN(C(=O)Cc2oc(-c3ccccc3)nc2C)CC1. The van der Waals surface area contributed by atoms with Gasteiger partial charge in [-0.05, 0) is 25.6 Å². The molecule has 0 bridgehead atoms. The highest BCUT2D eigenvalue weighted by Crippen LogP contribution is 2.22. The first kappa shape index (κ1) is 15.7. The molecule has 5 heteroatoms. The maximum Gasteiger partial charge on any atom is 0.230 e. The van der Waals surface area contributed by atoms with Gasteiger partial charge in [0.15, 0.2) is 0 Å². The molecule has 0 N–H and O–H groups in total. The monoisotopic (exact) mass is 313 g/mol. The van der Waals surface area contributed by atoms with Crippen molar-refractivity contribution in [3.8, 4) is 11.5 Å². The third-order valence-corrected chi connectivity index (χ3v) is 4.40. The Bertz CT molecular complexity index is 658. The van der Waals surface area contributed by atoms with Crippen molar-refractivity contribution in [1.29, 1.82) is 0 Å². The molecule has 1 aliphatic rings. The van der Waals surface area contributed by atoms with Crippen LogP contribution in [0.2, 0.25) is 0 Å². The first-order valence-electron chi connectivity index (χ1n) is 8.19. The van der Waals surface area contributed by atoms with E-state index in [1.165, 1.54) is 0 Å². The normalized spacial score (nSPS) is 15.8. The number of aryl methyl sites for hydroxylation is 1. The lowest BCUT2D eigenvalue weighted by Crippen LogP contribution is -2.48. The average Bonchev–Trinajstić information content (AvgIpc) is 2.96. The van der Waals surface area contributed by atoms with E-state index in [4.69, 9.17) is 4.42 Å². The van der Waals surface area contributed by atoms with Crippen LogP contribution in [0.25, 0.3) is 11.5 Å². The maximum atomic E-state index is 12.5. The fourth-order valence-corrected chi connectivity index (χ4v) is 2.86. The van der Waals surface area contributed by atoms with Crippen LogP contribution in [-0.2, 0) is 11.2 Å². The summed E-state index contributed by atoms with van der Waals surface area (Å²) in [4.78, 5) is 21.2. The number of oxazole rings is 1. The zero-order valence-corrected chi connectivity index (χ0v) is 13.8. The van der Waals surface area contributed by atoms with Gasteiger partial charge in [-0.3, -0.25) is 4.79 Å². The zero-order chi connectivity index (χ0) is 16.2. The van der Waals surface area contributed by atoms with Crippen LogP contribution in [0, 0.1) is 6.92 Å². The number of aromatic nitrogens is 1. The Hall–Kier alpha value is -2.14. The Balaban J connectivity index is 1.66. The first-order chi connectivity index (χ1) is 11.2. The highest BCUT2D eigenvalue weighted by molar-refractivity contribution is 5.78. The molecule has 122 valence electrons. The Kier molecular flexibility index (Phi) is 4.76. The number of hydrogen-bond acceptors (Lipinski definition) is 4. The van der Waals surface area contributed by atoms with Gasteiger partial charge < -0.3 is 14.2 Å². The molecule has 0 unspecified atom stereocenters. The lowest BCUT2D eigenvalue weighted by molar-refractivity contribution is -0.132. The smallest absolute Gasteiger partial charge is 0.230 e. The van der Waals surface area contributed by atoms with Crippen molar-refractivity contribution in [2.45, 2.75) is 20.3 Å². The molecule has 2 aromatic rings. The molecule has 0 radical (unpaired) electrons. The molecule has 5 nitrogen and oxygen atoms in total. The van der Waals surface area contributed by atoms with Crippen LogP contribution in [-0.4, -0.2) is 53.4 Å². The van der Waals surface area contributed by atoms with Gasteiger partial charge in [-0.1, -0.05) is 25.1 Å². The van der Waals surface area contributed by atoms with E-state index in [0.717, 1.165) is 44.0 Å². The van der Waals surface area contributed by atoms with Gasteiger partial charge in [-0.2, -0.15) is 0 Å². The number of benzene rings is 1. The molecule has 23 heavy (non-hydrogen) atoms. The van der Waals surface area contributed by atoms with Crippen molar-refractivity contribution in [2.75, 3.05) is 32.7 Å². The minimum atomic E-state index is 0.125. The van der Waals surface area contributed by atoms with Crippen LogP contribution in [0.5, 0.6) is 0 Å². The van der Waals surface area contributed by atoms with E-state index in [1.54, 1.807) is 0 Å². The fourth-order valence-electron chi connectivity index (χ4n) is 2.86. The highest BCUT2D eigenvalue weighted by atomic mass is 16.4. The molecule has 1 aromatic heterocycles. The summed E-state index contributed by atoms with van der Waals surface area (Å²) < 4.78 is 5.84. The van der Waals surface area contributed by atoms with E-state index in [2.05, 4.69) is 16.8 Å². The lowest BCUT2D eigenvalue weighted by Gasteiger charge is -2.33. The van der Waals surface area contributed by atoms with E-state index < -0.39 is 0 Å². The molecule has 1 amide bonds. The topological polar surface area (TPSA) is 49.6 Å². The molecular weight excluding hydrogens is 290 g/mol. The first-order valence-corrected chi connectivity index (χ1v) is 8.19. The number of piperazine rings is 1. The van der Waals surface area contributed by atoms with E-state index in [9.17, 15) is 4.79 Å². The molecule has 0 aliphatic carbocycles. The standard InChI is InChI=1S/C18H23N3O2/c1-3-20-9-11-21(12-10-20)17(22)13-16-14(2)19-18(23-16)15-7-5-4-6-8-15/h4-8H,3,9-13H2,1-2H3. The summed E-state index contributed by atoms with van der Waals surface area (Å²) in [7, 11) is 0. The number of carbonyl (C=O) groups is 1. The minimum Gasteiger partial charge on any atom is -0.440 e. The largest absolute Gasteiger partial charge is 0.440 e. The fraction of sp³-hybridized carbons (Fsp3) is 0.444. The molecule has 0 spiro atoms. The van der Waals surface area contributed by atoms with E-state index in [-0.39, 0.29) is 12.3 Å². The number of nitrogens with zero attached hydrogens (tertiary/aromatic N) is 3. The van der Waals surface area contributed by atoms with Crippen molar-refractivity contribution >= 4 is 5.91 Å². The second-order valence-corrected chi connectivity index (χ2v) is 5.89. The summed E-state index contributed by atoms with van der Waals surface area (Å²) in [5.41, 5.74) is 1.73. The van der Waals surface area contributed by atoms with Gasteiger partial charge in [0.05, 0.1) is 12.1 Å². The van der Waals surface area contributed by atoms with Gasteiger partial charge in [0.1, 0.15) is 5.76 Å². The molecule has 1 aromatic carbocycles. The van der Waals surface area contributed by atoms with Crippen LogP contribution in [0.1, 0.15) is 18.4 Å². The van der Waals surface area contributed by atoms with Crippen LogP contribution in [0.4, 0.5) is 0 Å². The third-order valence-electron chi connectivity index (χ3n) is 4.40. The summed E-state index contributed by atoms with van der Waals surface area (Å²) in [6.45, 7) is 8.59. The van der Waals surface area contributed by atoms with Crippen LogP contribution in [0.3, 0.4) is 0 Å². The molecule has 3 rings (SSSR count). The summed E-state index contributed by atoms with van der Waals surface area (Å²) in [5.74, 6) is 1.38. The van der Waals surface area contributed by atoms with E-state index >= 15 is 0 Å². The zero-order valence-electron chi connectivity index (χ0n) is 13.8. The quantitative estimate of drug-likeness (QED) is 0.869. The van der Waals surface area contributed by atoms with Crippen LogP contribution >= 0.6 is 0 Å². The summed E-state index contributed by atoms with van der Waals surface area (Å²) in [6, 6.07) is 9.78. The van der Waals surface area contributed by atoms with Crippen LogP contribution < -0.4 is 0 Å². The van der Waals surface area contributed by atoms with Gasteiger partial charge in [0.25, 0.3) is 0 Å². The Labute approximate surface area is 136 Å². The predicted octanol–water partition coefficient (Wildman–Crippen LogP) is 2.36. The predicted molar refractivity (Wildman–Crippen MR) is 89.1 cm³/mol. The number of carbonyl (C=O) groups excluding carboxylic acids is 1. The van der Waals surface area contributed by atoms with Gasteiger partial charge in [-0.25, -0.2) is 4.98 Å². The summed E-state index contributed by atoms with van der Waals surface area (Å²) in [6.07, 6.45) is 0.289. The summed E-state index contributed by atoms with van der Waals surface area (Å²) in [5, 5.41) is 0. The summed E-state index contributed by atoms with van der Waals surface area (Å²) >= 11 is 0. The number of hydrogen-bond donors (Lipinski definition) is 0. The molecule has 1 fully saturated rings. The van der Waals surface area contributed by atoms with Crippen molar-refractivity contribution in [1.82, 2.24) is 14.8 Å². The molecule has 2 heterocycles. The second kappa shape index (κ2) is 6.96. The lowest BCUT2D eigenvalue weighted by atomic mass is 10.2. The molecule has 0 atom stereocenters. The van der Waals surface area contributed by atoms with Gasteiger partial charge in [0.2, 0.25) is 11.8 Å². The van der Waals surface area contributed by atoms with E-state index in [0.29, 0.717) is 11.7 Å². The second-order valence-electron chi connectivity index (χ2n) is 5.89. The van der Waals surface area contributed by atoms with E-state index in [1.807, 2.05) is 42.2 Å². The minimum absolute atomic E-state index is 0.125. The number of amides is 1. The number of likely N-dealkylation sites (N-methyl/N-ethyl adjacent to an activating group) is 1. The molecule has 1 aliphatic heterocycles. The van der Waals surface area contributed by atoms with Gasteiger partial charge >= 0.3 is 0 Å². The van der Waals surface area contributed by atoms with Crippen LogP contribution in [0.15, 0.2) is 34.7 Å². The molecular formula is C18H23N3O2. The number of rotatable bonds is 4. The Morgan fingerprint density at radius 2 is 1.87 bits per heavy atom. The average molecular weight is 313 g/mol. The van der Waals surface area contributed by atoms with Crippen molar-refractivity contribution in [3.05, 3.63) is 41.8 Å². The van der Waals surface area contributed by atoms with Gasteiger partial charge in [0, 0.05) is 31.7 Å². The highest BCUT2D eigenvalue weighted by Gasteiger charge is 2.22. The molecule has 0 saturated carbocycles.